The van der Waals surface area contributed by atoms with E-state index in [1.54, 1.807) is 0 Å². The Kier molecular flexibility index (Phi) is 2.76. The van der Waals surface area contributed by atoms with E-state index in [0.29, 0.717) is 0 Å². The number of rotatable bonds is 1. The highest BCUT2D eigenvalue weighted by atomic mass is 31.0. The first-order chi connectivity index (χ1) is 11.4. The number of benzene rings is 3. The summed E-state index contributed by atoms with van der Waals surface area (Å²) in [6.45, 7) is 0. The van der Waals surface area contributed by atoms with Crippen molar-refractivity contribution >= 4 is 40.8 Å². The molecule has 0 aliphatic heterocycles. The molecule has 2 heterocycles. The number of hydrogen-bond donors (Lipinski definition) is 0. The number of nitrogens with zero attached hydrogens (tertiary/aromatic N) is 1. The Bertz CT molecular complexity index is 1160. The van der Waals surface area contributed by atoms with Gasteiger partial charge in [-0.15, -0.1) is 0 Å². The van der Waals surface area contributed by atoms with Gasteiger partial charge in [-0.3, -0.25) is 0 Å². The second kappa shape index (κ2) is 4.94. The summed E-state index contributed by atoms with van der Waals surface area (Å²) in [5.74, 6) is 4.53. The van der Waals surface area contributed by atoms with Gasteiger partial charge in [0.2, 0.25) is 0 Å². The maximum Gasteiger partial charge on any atom is 0.0548 e. The lowest BCUT2D eigenvalue weighted by molar-refractivity contribution is 1.18. The van der Waals surface area contributed by atoms with E-state index < -0.39 is 0 Å². The maximum atomic E-state index is 2.37. The average molecular weight is 311 g/mol. The third-order valence-electron chi connectivity index (χ3n) is 4.47. The molecule has 5 aromatic rings. The summed E-state index contributed by atoms with van der Waals surface area (Å²) >= 11 is 0. The van der Waals surface area contributed by atoms with Gasteiger partial charge < -0.3 is 4.57 Å². The standard InChI is InChI=1S/C21H14NP/c1-2-7-16(8-3-1)22-19-12-13-23-14-18(19)21-17-9-5-4-6-15(17)10-11-20(21)22/h1-14H. The molecular weight excluding hydrogens is 297 g/mol. The first kappa shape index (κ1) is 12.9. The summed E-state index contributed by atoms with van der Waals surface area (Å²) in [5, 5.41) is 5.34. The van der Waals surface area contributed by atoms with E-state index in [4.69, 9.17) is 0 Å². The minimum atomic E-state index is 1.21. The largest absolute Gasteiger partial charge is 0.309 e. The van der Waals surface area contributed by atoms with Crippen molar-refractivity contribution in [2.75, 3.05) is 0 Å². The van der Waals surface area contributed by atoms with Crippen molar-refractivity contribution in [2.24, 2.45) is 0 Å². The number of aromatic nitrogens is 1. The van der Waals surface area contributed by atoms with Crippen molar-refractivity contribution in [1.82, 2.24) is 4.57 Å². The second-order valence-electron chi connectivity index (χ2n) is 5.74. The highest BCUT2D eigenvalue weighted by molar-refractivity contribution is 7.28. The van der Waals surface area contributed by atoms with Crippen molar-refractivity contribution in [3.05, 3.63) is 84.4 Å². The van der Waals surface area contributed by atoms with Gasteiger partial charge in [0.15, 0.2) is 0 Å². The Morgan fingerprint density at radius 2 is 1.48 bits per heavy atom. The highest BCUT2D eigenvalue weighted by Gasteiger charge is 2.13. The van der Waals surface area contributed by atoms with Crippen LogP contribution in [0.25, 0.3) is 38.3 Å². The summed E-state index contributed by atoms with van der Waals surface area (Å²) in [7, 11) is 1.25. The van der Waals surface area contributed by atoms with Gasteiger partial charge in [0.05, 0.1) is 11.0 Å². The highest BCUT2D eigenvalue weighted by Crippen LogP contribution is 2.37. The van der Waals surface area contributed by atoms with Gasteiger partial charge in [-0.2, -0.15) is 0 Å². The molecule has 108 valence electrons. The van der Waals surface area contributed by atoms with Crippen LogP contribution in [0.3, 0.4) is 0 Å². The fourth-order valence-electron chi connectivity index (χ4n) is 3.49. The molecule has 0 aliphatic carbocycles. The Morgan fingerprint density at radius 3 is 2.39 bits per heavy atom. The number of hydrogen-bond acceptors (Lipinski definition) is 0. The normalized spacial score (nSPS) is 11.8. The van der Waals surface area contributed by atoms with Crippen LogP contribution in [0, 0.1) is 0 Å². The molecule has 0 atom stereocenters. The minimum absolute atomic E-state index is 1.21. The molecule has 0 spiro atoms. The Balaban J connectivity index is 2.07. The fourth-order valence-corrected chi connectivity index (χ4v) is 4.21. The molecule has 0 N–H and O–H groups in total. The lowest BCUT2D eigenvalue weighted by Gasteiger charge is -2.07. The topological polar surface area (TPSA) is 4.93 Å². The van der Waals surface area contributed by atoms with E-state index in [-0.39, 0.29) is 0 Å². The van der Waals surface area contributed by atoms with Crippen LogP contribution in [0.15, 0.2) is 84.4 Å². The number of fused-ring (bicyclic) bond motifs is 5. The zero-order valence-corrected chi connectivity index (χ0v) is 13.4. The Hall–Kier alpha value is -2.63. The third-order valence-corrected chi connectivity index (χ3v) is 5.20. The molecule has 1 nitrogen and oxygen atoms in total. The van der Waals surface area contributed by atoms with Crippen molar-refractivity contribution in [2.45, 2.75) is 0 Å². The molecule has 0 saturated carbocycles. The van der Waals surface area contributed by atoms with E-state index in [0.717, 1.165) is 0 Å². The first-order valence-electron chi connectivity index (χ1n) is 7.75. The van der Waals surface area contributed by atoms with Crippen molar-refractivity contribution in [3.8, 4) is 5.69 Å². The molecule has 3 aromatic carbocycles. The van der Waals surface area contributed by atoms with Crippen LogP contribution in [-0.2, 0) is 0 Å². The zero-order chi connectivity index (χ0) is 15.2. The predicted molar refractivity (Wildman–Crippen MR) is 101 cm³/mol. The summed E-state index contributed by atoms with van der Waals surface area (Å²) < 4.78 is 2.37. The summed E-state index contributed by atoms with van der Waals surface area (Å²) in [5.41, 5.74) is 3.77. The van der Waals surface area contributed by atoms with Crippen LogP contribution >= 0.6 is 8.19 Å². The van der Waals surface area contributed by atoms with Gasteiger partial charge in [0.25, 0.3) is 0 Å². The lowest BCUT2D eigenvalue weighted by atomic mass is 10.1. The molecule has 23 heavy (non-hydrogen) atoms. The SMILES string of the molecule is c1ccc(-n2c3ccpcc3c3c4ccccc4ccc32)cc1. The molecule has 2 heteroatoms. The Morgan fingerprint density at radius 1 is 0.652 bits per heavy atom. The van der Waals surface area contributed by atoms with Gasteiger partial charge in [-0.05, 0) is 46.6 Å². The summed E-state index contributed by atoms with van der Waals surface area (Å²) in [6, 6.07) is 26.0. The molecule has 2 aromatic heterocycles. The van der Waals surface area contributed by atoms with Gasteiger partial charge in [0.1, 0.15) is 0 Å². The monoisotopic (exact) mass is 311 g/mol. The quantitative estimate of drug-likeness (QED) is 0.332. The van der Waals surface area contributed by atoms with Crippen molar-refractivity contribution in [3.63, 3.8) is 0 Å². The first-order valence-corrected chi connectivity index (χ1v) is 8.78. The van der Waals surface area contributed by atoms with Crippen molar-refractivity contribution in [1.29, 1.82) is 0 Å². The molecule has 0 aliphatic rings. The molecule has 0 saturated heterocycles. The molecule has 0 unspecified atom stereocenters. The van der Waals surface area contributed by atoms with Crippen LogP contribution < -0.4 is 0 Å². The van der Waals surface area contributed by atoms with Crippen LogP contribution in [0.2, 0.25) is 0 Å². The fraction of sp³-hybridized carbons (Fsp3) is 0. The molecule has 0 radical (unpaired) electrons. The van der Waals surface area contributed by atoms with E-state index in [1.807, 2.05) is 0 Å². The second-order valence-corrected chi connectivity index (χ2v) is 6.60. The van der Waals surface area contributed by atoms with E-state index in [1.165, 1.54) is 46.5 Å². The van der Waals surface area contributed by atoms with Gasteiger partial charge in [0, 0.05) is 16.5 Å². The minimum Gasteiger partial charge on any atom is -0.309 e. The van der Waals surface area contributed by atoms with Gasteiger partial charge in [-0.1, -0.05) is 56.7 Å². The molecule has 0 amide bonds. The predicted octanol–water partition coefficient (Wildman–Crippen LogP) is 6.52. The van der Waals surface area contributed by atoms with E-state index in [9.17, 15) is 0 Å². The summed E-state index contributed by atoms with van der Waals surface area (Å²) in [6.07, 6.45) is 0. The van der Waals surface area contributed by atoms with E-state index in [2.05, 4.69) is 89.0 Å². The van der Waals surface area contributed by atoms with E-state index >= 15 is 0 Å². The van der Waals surface area contributed by atoms with Crippen LogP contribution in [-0.4, -0.2) is 4.57 Å². The molecular formula is C21H14NP. The number of para-hydroxylation sites is 1. The lowest BCUT2D eigenvalue weighted by Crippen LogP contribution is -1.92. The van der Waals surface area contributed by atoms with Crippen LogP contribution in [0.4, 0.5) is 0 Å². The summed E-state index contributed by atoms with van der Waals surface area (Å²) in [4.78, 5) is 0. The third kappa shape index (κ3) is 1.84. The van der Waals surface area contributed by atoms with Crippen molar-refractivity contribution < 1.29 is 0 Å². The zero-order valence-electron chi connectivity index (χ0n) is 12.5. The maximum absolute atomic E-state index is 2.37. The van der Waals surface area contributed by atoms with Gasteiger partial charge >= 0.3 is 0 Å². The smallest absolute Gasteiger partial charge is 0.0548 e. The van der Waals surface area contributed by atoms with Gasteiger partial charge in [-0.25, -0.2) is 0 Å². The van der Waals surface area contributed by atoms with Crippen LogP contribution in [0.5, 0.6) is 0 Å². The average Bonchev–Trinajstić information content (AvgIpc) is 2.97. The van der Waals surface area contributed by atoms with Crippen LogP contribution in [0.1, 0.15) is 0 Å². The molecule has 0 bridgehead atoms. The molecule has 0 fully saturated rings. The molecule has 5 rings (SSSR count). The Labute approximate surface area is 135 Å².